The van der Waals surface area contributed by atoms with Crippen LogP contribution in [0.5, 0.6) is 0 Å². The normalized spacial score (nSPS) is 10.9. The molecule has 0 radical (unpaired) electrons. The van der Waals surface area contributed by atoms with E-state index in [0.29, 0.717) is 11.4 Å². The van der Waals surface area contributed by atoms with Crippen LogP contribution in [0.3, 0.4) is 0 Å². The quantitative estimate of drug-likeness (QED) is 0.483. The maximum absolute atomic E-state index is 11.7. The number of ketones is 2. The number of carbonyl (C=O) groups excluding carboxylic acids is 2. The van der Waals surface area contributed by atoms with Crippen molar-refractivity contribution in [2.24, 2.45) is 0 Å². The van der Waals surface area contributed by atoms with Gasteiger partial charge in [0.25, 0.3) is 0 Å². The number of hydrogen-bond acceptors (Lipinski definition) is 2. The van der Waals surface area contributed by atoms with Gasteiger partial charge in [-0.15, -0.1) is 6.58 Å². The molecular formula is C22H22N2O2. The first-order valence-electron chi connectivity index (χ1n) is 8.59. The van der Waals surface area contributed by atoms with Crippen molar-refractivity contribution in [1.82, 2.24) is 9.97 Å². The van der Waals surface area contributed by atoms with Crippen molar-refractivity contribution in [2.45, 2.75) is 26.2 Å². The van der Waals surface area contributed by atoms with Crippen LogP contribution in [-0.4, -0.2) is 21.5 Å². The van der Waals surface area contributed by atoms with Crippen molar-refractivity contribution >= 4 is 11.6 Å². The molecule has 0 bridgehead atoms. The zero-order valence-corrected chi connectivity index (χ0v) is 15.0. The second-order valence-corrected chi connectivity index (χ2v) is 6.43. The Morgan fingerprint density at radius 2 is 1.38 bits per heavy atom. The summed E-state index contributed by atoms with van der Waals surface area (Å²) in [4.78, 5) is 29.8. The Morgan fingerprint density at radius 1 is 0.885 bits per heavy atom. The van der Waals surface area contributed by atoms with Gasteiger partial charge in [0.1, 0.15) is 0 Å². The molecular weight excluding hydrogens is 324 g/mol. The molecule has 0 spiro atoms. The Bertz CT molecular complexity index is 892. The largest absolute Gasteiger partial charge is 0.355 e. The Labute approximate surface area is 153 Å². The number of allylic oxidation sites excluding steroid dienone is 1. The van der Waals surface area contributed by atoms with Gasteiger partial charge in [0.2, 0.25) is 0 Å². The van der Waals surface area contributed by atoms with Crippen molar-refractivity contribution in [3.63, 3.8) is 0 Å². The number of carbonyl (C=O) groups is 2. The standard InChI is InChI=1S/C22H22N2O2/c1-4-5-16-6-8-17(9-7-16)22(20-12-10-18(23-20)14(2)25)21-13-11-19(24-21)15(3)26/h4,6-13,22-24H,1,5H2,2-3H3. The molecule has 3 rings (SSSR count). The lowest BCUT2D eigenvalue weighted by molar-refractivity contribution is 0.100. The highest BCUT2D eigenvalue weighted by Gasteiger charge is 2.21. The van der Waals surface area contributed by atoms with Gasteiger partial charge in [0.05, 0.1) is 17.3 Å². The van der Waals surface area contributed by atoms with E-state index in [1.165, 1.54) is 19.4 Å². The number of benzene rings is 1. The molecule has 4 heteroatoms. The molecule has 0 atom stereocenters. The highest BCUT2D eigenvalue weighted by molar-refractivity contribution is 5.93. The van der Waals surface area contributed by atoms with Gasteiger partial charge in [-0.25, -0.2) is 0 Å². The molecule has 0 aliphatic heterocycles. The van der Waals surface area contributed by atoms with Crippen molar-refractivity contribution in [2.75, 3.05) is 0 Å². The van der Waals surface area contributed by atoms with E-state index in [9.17, 15) is 9.59 Å². The summed E-state index contributed by atoms with van der Waals surface area (Å²) < 4.78 is 0. The maximum atomic E-state index is 11.7. The van der Waals surface area contributed by atoms with E-state index in [4.69, 9.17) is 0 Å². The molecule has 0 aliphatic carbocycles. The smallest absolute Gasteiger partial charge is 0.175 e. The summed E-state index contributed by atoms with van der Waals surface area (Å²) in [5, 5.41) is 0. The van der Waals surface area contributed by atoms with Gasteiger partial charge >= 0.3 is 0 Å². The van der Waals surface area contributed by atoms with Gasteiger partial charge < -0.3 is 9.97 Å². The predicted molar refractivity (Wildman–Crippen MR) is 103 cm³/mol. The van der Waals surface area contributed by atoms with Crippen LogP contribution >= 0.6 is 0 Å². The predicted octanol–water partition coefficient (Wildman–Crippen LogP) is 4.66. The molecule has 132 valence electrons. The van der Waals surface area contributed by atoms with Crippen LogP contribution in [-0.2, 0) is 6.42 Å². The highest BCUT2D eigenvalue weighted by atomic mass is 16.1. The lowest BCUT2D eigenvalue weighted by atomic mass is 9.92. The number of H-pyrrole nitrogens is 2. The van der Waals surface area contributed by atoms with Crippen LogP contribution < -0.4 is 0 Å². The van der Waals surface area contributed by atoms with Crippen LogP contribution in [0.15, 0.2) is 61.2 Å². The topological polar surface area (TPSA) is 65.7 Å². The molecule has 4 nitrogen and oxygen atoms in total. The van der Waals surface area contributed by atoms with Gasteiger partial charge in [0, 0.05) is 25.2 Å². The molecule has 0 saturated carbocycles. The number of rotatable bonds is 7. The Hall–Kier alpha value is -3.14. The fraction of sp³-hybridized carbons (Fsp3) is 0.182. The van der Waals surface area contributed by atoms with Gasteiger partial charge in [-0.1, -0.05) is 30.3 Å². The summed E-state index contributed by atoms with van der Waals surface area (Å²) >= 11 is 0. The Kier molecular flexibility index (Phi) is 5.03. The minimum absolute atomic E-state index is 0.00718. The molecule has 1 aromatic carbocycles. The molecule has 0 fully saturated rings. The van der Waals surface area contributed by atoms with Crippen LogP contribution in [0.1, 0.15) is 63.3 Å². The second kappa shape index (κ2) is 7.40. The minimum atomic E-state index is -0.117. The van der Waals surface area contributed by atoms with Crippen molar-refractivity contribution in [3.8, 4) is 0 Å². The van der Waals surface area contributed by atoms with Gasteiger partial charge in [-0.3, -0.25) is 9.59 Å². The van der Waals surface area contributed by atoms with Crippen LogP contribution in [0, 0.1) is 0 Å². The van der Waals surface area contributed by atoms with Gasteiger partial charge in [-0.05, 0) is 41.8 Å². The van der Waals surface area contributed by atoms with Crippen molar-refractivity contribution in [3.05, 3.63) is 95.1 Å². The van der Waals surface area contributed by atoms with E-state index in [1.807, 2.05) is 18.2 Å². The minimum Gasteiger partial charge on any atom is -0.355 e. The number of Topliss-reactive ketones (excluding diaryl/α,β-unsaturated/α-hetero) is 2. The summed E-state index contributed by atoms with van der Waals surface area (Å²) in [5.74, 6) is -0.131. The van der Waals surface area contributed by atoms with E-state index in [-0.39, 0.29) is 17.5 Å². The molecule has 0 amide bonds. The third-order valence-corrected chi connectivity index (χ3v) is 4.49. The molecule has 0 unspecified atom stereocenters. The van der Waals surface area contributed by atoms with E-state index < -0.39 is 0 Å². The number of aromatic amines is 2. The SMILES string of the molecule is C=CCc1ccc(C(c2ccc(C(C)=O)[nH]2)c2ccc(C(C)=O)[nH]2)cc1. The number of nitrogens with one attached hydrogen (secondary N) is 2. The summed E-state index contributed by atoms with van der Waals surface area (Å²) in [5.41, 5.74) is 5.23. The summed E-state index contributed by atoms with van der Waals surface area (Å²) in [6, 6.07) is 15.7. The fourth-order valence-corrected chi connectivity index (χ4v) is 3.11. The summed E-state index contributed by atoms with van der Waals surface area (Å²) in [6.45, 7) is 6.85. The first-order chi connectivity index (χ1) is 12.5. The average molecular weight is 346 g/mol. The number of hydrogen-bond donors (Lipinski definition) is 2. The second-order valence-electron chi connectivity index (χ2n) is 6.43. The van der Waals surface area contributed by atoms with Crippen molar-refractivity contribution in [1.29, 1.82) is 0 Å². The summed E-state index contributed by atoms with van der Waals surface area (Å²) in [6.07, 6.45) is 2.69. The highest BCUT2D eigenvalue weighted by Crippen LogP contribution is 2.31. The third kappa shape index (κ3) is 3.59. The van der Waals surface area contributed by atoms with Crippen LogP contribution in [0.25, 0.3) is 0 Å². The van der Waals surface area contributed by atoms with E-state index in [1.54, 1.807) is 12.1 Å². The van der Waals surface area contributed by atoms with Crippen molar-refractivity contribution < 1.29 is 9.59 Å². The zero-order valence-electron chi connectivity index (χ0n) is 15.0. The first kappa shape index (κ1) is 17.7. The zero-order chi connectivity index (χ0) is 18.7. The molecule has 2 aromatic heterocycles. The number of aromatic nitrogens is 2. The molecule has 2 heterocycles. The maximum Gasteiger partial charge on any atom is 0.175 e. The average Bonchev–Trinajstić information content (AvgIpc) is 3.27. The monoisotopic (exact) mass is 346 g/mol. The molecule has 0 saturated heterocycles. The van der Waals surface area contributed by atoms with Gasteiger partial charge in [-0.2, -0.15) is 0 Å². The lowest BCUT2D eigenvalue weighted by Crippen LogP contribution is -2.06. The van der Waals surface area contributed by atoms with E-state index in [2.05, 4.69) is 40.8 Å². The molecule has 3 aromatic rings. The molecule has 0 aliphatic rings. The third-order valence-electron chi connectivity index (χ3n) is 4.49. The molecule has 2 N–H and O–H groups in total. The molecule has 26 heavy (non-hydrogen) atoms. The van der Waals surface area contributed by atoms with Crippen LogP contribution in [0.2, 0.25) is 0 Å². The lowest BCUT2D eigenvalue weighted by Gasteiger charge is -2.16. The fourth-order valence-electron chi connectivity index (χ4n) is 3.11. The Balaban J connectivity index is 2.06. The first-order valence-corrected chi connectivity index (χ1v) is 8.59. The van der Waals surface area contributed by atoms with Gasteiger partial charge in [0.15, 0.2) is 11.6 Å². The van der Waals surface area contributed by atoms with E-state index >= 15 is 0 Å². The van der Waals surface area contributed by atoms with E-state index in [0.717, 1.165) is 23.4 Å². The van der Waals surface area contributed by atoms with Crippen LogP contribution in [0.4, 0.5) is 0 Å². The summed E-state index contributed by atoms with van der Waals surface area (Å²) in [7, 11) is 0. The Morgan fingerprint density at radius 3 is 1.77 bits per heavy atom.